The molecule has 1 aromatic heterocycles. The molecule has 0 aliphatic heterocycles. The average Bonchev–Trinajstić information content (AvgIpc) is 2.32. The van der Waals surface area contributed by atoms with Crippen LogP contribution < -0.4 is 5.32 Å². The summed E-state index contributed by atoms with van der Waals surface area (Å²) in [4.78, 5) is 0. The van der Waals surface area contributed by atoms with Gasteiger partial charge in [-0.3, -0.25) is 0 Å². The van der Waals surface area contributed by atoms with E-state index < -0.39 is 0 Å². The Hall–Kier alpha value is -0.830. The molecular weight excluding hydrogens is 234 g/mol. The van der Waals surface area contributed by atoms with Gasteiger partial charge in [0.2, 0.25) is 0 Å². The molecule has 0 atom stereocenters. The van der Waals surface area contributed by atoms with Crippen LogP contribution in [0.3, 0.4) is 0 Å². The Balaban J connectivity index is 1.82. The maximum atomic E-state index is 5.81. The molecule has 94 valence electrons. The van der Waals surface area contributed by atoms with Gasteiger partial charge in [0.25, 0.3) is 0 Å². The summed E-state index contributed by atoms with van der Waals surface area (Å²) < 4.78 is 0. The van der Waals surface area contributed by atoms with Gasteiger partial charge in [0, 0.05) is 12.1 Å². The predicted molar refractivity (Wildman–Crippen MR) is 71.3 cm³/mol. The molecule has 17 heavy (non-hydrogen) atoms. The number of nitrogens with zero attached hydrogens (tertiary/aromatic N) is 2. The van der Waals surface area contributed by atoms with Gasteiger partial charge in [-0.1, -0.05) is 31.4 Å². The Morgan fingerprint density at radius 2 is 2.12 bits per heavy atom. The van der Waals surface area contributed by atoms with Crippen molar-refractivity contribution in [3.05, 3.63) is 17.4 Å². The Kier molecular flexibility index (Phi) is 4.60. The number of aromatic nitrogens is 2. The van der Waals surface area contributed by atoms with E-state index >= 15 is 0 Å². The lowest BCUT2D eigenvalue weighted by Crippen LogP contribution is -2.26. The van der Waals surface area contributed by atoms with Gasteiger partial charge in [-0.25, -0.2) is 0 Å². The predicted octanol–water partition coefficient (Wildman–Crippen LogP) is 3.90. The van der Waals surface area contributed by atoms with Crippen molar-refractivity contribution in [3.63, 3.8) is 0 Å². The summed E-state index contributed by atoms with van der Waals surface area (Å²) in [6.07, 6.45) is 9.64. The summed E-state index contributed by atoms with van der Waals surface area (Å²) in [5.74, 6) is 0.942. The van der Waals surface area contributed by atoms with Gasteiger partial charge in [-0.05, 0) is 31.6 Å². The highest BCUT2D eigenvalue weighted by Crippen LogP contribution is 2.29. The first-order valence-electron chi connectivity index (χ1n) is 6.52. The fourth-order valence-corrected chi connectivity index (χ4v) is 2.82. The molecule has 0 bridgehead atoms. The number of hydrogen-bond acceptors (Lipinski definition) is 3. The van der Waals surface area contributed by atoms with E-state index in [1.54, 1.807) is 6.20 Å². The van der Waals surface area contributed by atoms with Crippen molar-refractivity contribution >= 4 is 17.3 Å². The molecule has 3 nitrogen and oxygen atoms in total. The lowest BCUT2D eigenvalue weighted by atomic mass is 9.83. The van der Waals surface area contributed by atoms with E-state index in [0.717, 1.165) is 11.6 Å². The lowest BCUT2D eigenvalue weighted by Gasteiger charge is -2.29. The molecular formula is C13H20ClN3. The van der Waals surface area contributed by atoms with Crippen LogP contribution in [0, 0.1) is 5.92 Å². The van der Waals surface area contributed by atoms with Gasteiger partial charge in [0.15, 0.2) is 5.15 Å². The van der Waals surface area contributed by atoms with Gasteiger partial charge in [0.1, 0.15) is 0 Å². The monoisotopic (exact) mass is 253 g/mol. The molecule has 1 heterocycles. The fraction of sp³-hybridized carbons (Fsp3) is 0.692. The van der Waals surface area contributed by atoms with Crippen molar-refractivity contribution in [1.82, 2.24) is 10.2 Å². The summed E-state index contributed by atoms with van der Waals surface area (Å²) >= 11 is 5.81. The highest BCUT2D eigenvalue weighted by Gasteiger charge is 2.20. The molecule has 0 amide bonds. The lowest BCUT2D eigenvalue weighted by molar-refractivity contribution is 0.319. The van der Waals surface area contributed by atoms with E-state index in [1.165, 1.54) is 38.5 Å². The van der Waals surface area contributed by atoms with E-state index in [2.05, 4.69) is 22.4 Å². The molecule has 1 saturated carbocycles. The molecule has 1 aromatic rings. The maximum Gasteiger partial charge on any atom is 0.153 e. The van der Waals surface area contributed by atoms with Crippen molar-refractivity contribution in [2.45, 2.75) is 51.5 Å². The topological polar surface area (TPSA) is 37.8 Å². The van der Waals surface area contributed by atoms with Gasteiger partial charge in [0.05, 0.1) is 11.9 Å². The second kappa shape index (κ2) is 6.20. The zero-order chi connectivity index (χ0) is 12.1. The fourth-order valence-electron chi connectivity index (χ4n) is 2.66. The number of hydrogen-bond donors (Lipinski definition) is 1. The highest BCUT2D eigenvalue weighted by molar-refractivity contribution is 6.29. The van der Waals surface area contributed by atoms with Crippen molar-refractivity contribution < 1.29 is 0 Å². The van der Waals surface area contributed by atoms with Crippen LogP contribution in [0.5, 0.6) is 0 Å². The maximum absolute atomic E-state index is 5.81. The quantitative estimate of drug-likeness (QED) is 0.884. The van der Waals surface area contributed by atoms with Crippen LogP contribution in [0.2, 0.25) is 5.15 Å². The van der Waals surface area contributed by atoms with Crippen LogP contribution in [0.25, 0.3) is 0 Å². The molecule has 1 aliphatic carbocycles. The average molecular weight is 254 g/mol. The zero-order valence-corrected chi connectivity index (χ0v) is 11.1. The number of rotatable bonds is 4. The largest absolute Gasteiger partial charge is 0.381 e. The van der Waals surface area contributed by atoms with Crippen LogP contribution in [-0.2, 0) is 0 Å². The minimum atomic E-state index is 0.453. The molecule has 0 unspecified atom stereocenters. The van der Waals surface area contributed by atoms with E-state index in [4.69, 9.17) is 11.6 Å². The van der Waals surface area contributed by atoms with Crippen molar-refractivity contribution in [2.75, 3.05) is 5.32 Å². The first kappa shape index (κ1) is 12.6. The summed E-state index contributed by atoms with van der Waals surface area (Å²) in [6, 6.07) is 2.41. The molecule has 4 heteroatoms. The molecule has 1 N–H and O–H groups in total. The van der Waals surface area contributed by atoms with Crippen molar-refractivity contribution in [1.29, 1.82) is 0 Å². The van der Waals surface area contributed by atoms with Crippen LogP contribution in [0.4, 0.5) is 5.69 Å². The van der Waals surface area contributed by atoms with Gasteiger partial charge >= 0.3 is 0 Å². The van der Waals surface area contributed by atoms with Gasteiger partial charge < -0.3 is 5.32 Å². The third-order valence-electron chi connectivity index (χ3n) is 3.54. The Labute approximate surface area is 108 Å². The third kappa shape index (κ3) is 3.84. The van der Waals surface area contributed by atoms with Crippen LogP contribution in [-0.4, -0.2) is 16.2 Å². The third-order valence-corrected chi connectivity index (χ3v) is 3.72. The van der Waals surface area contributed by atoms with Gasteiger partial charge in [-0.15, -0.1) is 5.10 Å². The summed E-state index contributed by atoms with van der Waals surface area (Å²) in [5, 5.41) is 11.5. The minimum Gasteiger partial charge on any atom is -0.381 e. The second-order valence-corrected chi connectivity index (χ2v) is 5.30. The number of nitrogens with one attached hydrogen (secondary N) is 1. The first-order valence-corrected chi connectivity index (χ1v) is 6.90. The molecule has 0 spiro atoms. The van der Waals surface area contributed by atoms with E-state index in [-0.39, 0.29) is 0 Å². The highest BCUT2D eigenvalue weighted by atomic mass is 35.5. The van der Waals surface area contributed by atoms with Crippen LogP contribution in [0.15, 0.2) is 12.3 Å². The molecule has 0 saturated heterocycles. The minimum absolute atomic E-state index is 0.453. The first-order chi connectivity index (χ1) is 8.28. The van der Waals surface area contributed by atoms with Crippen LogP contribution >= 0.6 is 11.6 Å². The van der Waals surface area contributed by atoms with Crippen LogP contribution in [0.1, 0.15) is 45.4 Å². The molecule has 1 fully saturated rings. The SMILES string of the molecule is CCCC1CCC(Nc2cnnc(Cl)c2)CC1. The Morgan fingerprint density at radius 1 is 1.35 bits per heavy atom. The van der Waals surface area contributed by atoms with E-state index in [1.807, 2.05) is 6.07 Å². The van der Waals surface area contributed by atoms with E-state index in [9.17, 15) is 0 Å². The second-order valence-electron chi connectivity index (χ2n) is 4.92. The molecule has 2 rings (SSSR count). The molecule has 1 aliphatic rings. The standard InChI is InChI=1S/C13H20ClN3/c1-2-3-10-4-6-11(7-5-10)16-12-8-13(14)17-15-9-12/h8-11H,2-7H2,1H3,(H,16,17). The van der Waals surface area contributed by atoms with Crippen molar-refractivity contribution in [2.24, 2.45) is 5.92 Å². The summed E-state index contributed by atoms with van der Waals surface area (Å²) in [5.41, 5.74) is 0.990. The summed E-state index contributed by atoms with van der Waals surface area (Å²) in [7, 11) is 0. The Bertz CT molecular complexity index is 348. The van der Waals surface area contributed by atoms with E-state index in [0.29, 0.717) is 11.2 Å². The van der Waals surface area contributed by atoms with Crippen molar-refractivity contribution in [3.8, 4) is 0 Å². The molecule has 0 aromatic carbocycles. The van der Waals surface area contributed by atoms with Gasteiger partial charge in [-0.2, -0.15) is 5.10 Å². The number of anilines is 1. The normalized spacial score (nSPS) is 24.6. The summed E-state index contributed by atoms with van der Waals surface area (Å²) in [6.45, 7) is 2.27. The zero-order valence-electron chi connectivity index (χ0n) is 10.3. The number of halogens is 1. The Morgan fingerprint density at radius 3 is 2.76 bits per heavy atom. The smallest absolute Gasteiger partial charge is 0.153 e. The molecule has 0 radical (unpaired) electrons.